The molecule has 1 heterocycles. The summed E-state index contributed by atoms with van der Waals surface area (Å²) in [6.07, 6.45) is 0. The topological polar surface area (TPSA) is 13.1 Å². The zero-order valence-electron chi connectivity index (χ0n) is 25.3. The molecular weight excluding hydrogens is 556 g/mol. The molecule has 0 saturated carbocycles. The molecule has 0 spiro atoms. The Morgan fingerprint density at radius 2 is 0.739 bits per heavy atom. The number of rotatable bonds is 2. The van der Waals surface area contributed by atoms with E-state index in [-0.39, 0.29) is 0 Å². The zero-order chi connectivity index (χ0) is 30.4. The number of fused-ring (bicyclic) bond motifs is 8. The van der Waals surface area contributed by atoms with E-state index >= 15 is 0 Å². The lowest BCUT2D eigenvalue weighted by Gasteiger charge is -2.21. The lowest BCUT2D eigenvalue weighted by atomic mass is 9.82. The Balaban J connectivity index is 1.34. The van der Waals surface area contributed by atoms with Gasteiger partial charge in [-0.3, -0.25) is 0 Å². The summed E-state index contributed by atoms with van der Waals surface area (Å²) in [6.45, 7) is 2.26. The Morgan fingerprint density at radius 3 is 1.28 bits per heavy atom. The molecule has 0 aliphatic heterocycles. The second kappa shape index (κ2) is 9.54. The molecule has 0 bridgehead atoms. The summed E-state index contributed by atoms with van der Waals surface area (Å²) in [7, 11) is 0. The van der Waals surface area contributed by atoms with Crippen LogP contribution in [0.15, 0.2) is 156 Å². The van der Waals surface area contributed by atoms with E-state index in [0.717, 1.165) is 21.9 Å². The molecule has 1 nitrogen and oxygen atoms in total. The van der Waals surface area contributed by atoms with Crippen molar-refractivity contribution in [3.05, 3.63) is 157 Å². The molecule has 0 aliphatic rings. The van der Waals surface area contributed by atoms with Crippen LogP contribution in [0.4, 0.5) is 0 Å². The number of hydrogen-bond donors (Lipinski definition) is 0. The fourth-order valence-corrected chi connectivity index (χ4v) is 7.94. The largest absolute Gasteiger partial charge is 0.456 e. The van der Waals surface area contributed by atoms with Gasteiger partial charge in [-0.2, -0.15) is 0 Å². The van der Waals surface area contributed by atoms with Gasteiger partial charge in [0.1, 0.15) is 11.2 Å². The predicted octanol–water partition coefficient (Wildman–Crippen LogP) is 13.0. The van der Waals surface area contributed by atoms with E-state index in [2.05, 4.69) is 159 Å². The van der Waals surface area contributed by atoms with Crippen LogP contribution in [0.25, 0.3) is 98.1 Å². The van der Waals surface area contributed by atoms with Gasteiger partial charge in [0.25, 0.3) is 0 Å². The van der Waals surface area contributed by atoms with Crippen molar-refractivity contribution in [1.29, 1.82) is 0 Å². The quantitative estimate of drug-likeness (QED) is 0.184. The van der Waals surface area contributed by atoms with Crippen LogP contribution in [0.3, 0.4) is 0 Å². The number of furan rings is 1. The number of aryl methyl sites for hydroxylation is 1. The van der Waals surface area contributed by atoms with E-state index in [1.54, 1.807) is 0 Å². The summed E-state index contributed by atoms with van der Waals surface area (Å²) >= 11 is 0. The van der Waals surface area contributed by atoms with Gasteiger partial charge in [0.15, 0.2) is 0 Å². The van der Waals surface area contributed by atoms with Crippen LogP contribution in [0.1, 0.15) is 5.56 Å². The molecule has 0 amide bonds. The van der Waals surface area contributed by atoms with E-state index in [9.17, 15) is 0 Å². The summed E-state index contributed by atoms with van der Waals surface area (Å²) in [6, 6.07) is 55.4. The van der Waals surface area contributed by atoms with E-state index < -0.39 is 0 Å². The minimum atomic E-state index is 0.914. The molecular formula is C45H28O. The first kappa shape index (κ1) is 25.4. The maximum absolute atomic E-state index is 6.39. The van der Waals surface area contributed by atoms with Crippen LogP contribution >= 0.6 is 0 Å². The highest BCUT2D eigenvalue weighted by Gasteiger charge is 2.21. The van der Waals surface area contributed by atoms with Crippen LogP contribution in [0, 0.1) is 6.92 Å². The molecule has 0 aliphatic carbocycles. The third-order valence-corrected chi connectivity index (χ3v) is 10.0. The average molecular weight is 585 g/mol. The molecule has 0 fully saturated rings. The molecule has 10 rings (SSSR count). The maximum atomic E-state index is 6.39. The van der Waals surface area contributed by atoms with E-state index in [1.807, 2.05) is 0 Å². The minimum Gasteiger partial charge on any atom is -0.456 e. The third kappa shape index (κ3) is 3.51. The van der Waals surface area contributed by atoms with Crippen molar-refractivity contribution in [1.82, 2.24) is 0 Å². The smallest absolute Gasteiger partial charge is 0.136 e. The van der Waals surface area contributed by atoms with Gasteiger partial charge < -0.3 is 4.42 Å². The molecule has 1 aromatic heterocycles. The summed E-state index contributed by atoms with van der Waals surface area (Å²) in [5, 5.41) is 14.9. The monoisotopic (exact) mass is 584 g/mol. The van der Waals surface area contributed by atoms with Crippen molar-refractivity contribution in [2.45, 2.75) is 6.92 Å². The van der Waals surface area contributed by atoms with E-state index in [0.29, 0.717) is 0 Å². The highest BCUT2D eigenvalue weighted by atomic mass is 16.3. The number of benzene rings is 9. The van der Waals surface area contributed by atoms with Crippen molar-refractivity contribution < 1.29 is 4.42 Å². The van der Waals surface area contributed by atoms with Gasteiger partial charge in [-0.15, -0.1) is 0 Å². The normalized spacial score (nSPS) is 12.0. The summed E-state index contributed by atoms with van der Waals surface area (Å²) in [4.78, 5) is 0. The molecule has 0 radical (unpaired) electrons. The Bertz CT molecular complexity index is 2750. The third-order valence-electron chi connectivity index (χ3n) is 10.0. The van der Waals surface area contributed by atoms with Crippen LogP contribution in [-0.4, -0.2) is 0 Å². The highest BCUT2D eigenvalue weighted by Crippen LogP contribution is 2.48. The summed E-state index contributed by atoms with van der Waals surface area (Å²) in [5.41, 5.74) is 8.22. The lowest BCUT2D eigenvalue weighted by molar-refractivity contribution is 0.669. The summed E-state index contributed by atoms with van der Waals surface area (Å²) in [5.74, 6) is 0. The Hall–Kier alpha value is -5.92. The van der Waals surface area contributed by atoms with E-state index in [1.165, 1.54) is 81.7 Å². The van der Waals surface area contributed by atoms with Gasteiger partial charge in [0.05, 0.1) is 0 Å². The average Bonchev–Trinajstić information content (AvgIpc) is 3.47. The van der Waals surface area contributed by atoms with Crippen LogP contribution in [0.2, 0.25) is 0 Å². The molecule has 46 heavy (non-hydrogen) atoms. The summed E-state index contributed by atoms with van der Waals surface area (Å²) < 4.78 is 6.39. The fraction of sp³-hybridized carbons (Fsp3) is 0.0222. The standard InChI is InChI=1S/C45H28O/c1-27-31-14-4-6-16-33(31)44(34-17-7-5-15-32(27)34)45-37-20-10-8-18-35(37)43(36-19-9-11-21-38(36)45)30-22-23-41-39(25-30)40-24-28-12-2-3-13-29(28)26-42(40)46-41/h2-26H,1H3. The molecule has 0 saturated heterocycles. The molecule has 0 N–H and O–H groups in total. The molecule has 1 heteroatoms. The maximum Gasteiger partial charge on any atom is 0.136 e. The van der Waals surface area contributed by atoms with Crippen LogP contribution in [0.5, 0.6) is 0 Å². The fourth-order valence-electron chi connectivity index (χ4n) is 7.94. The molecule has 9 aromatic carbocycles. The second-order valence-corrected chi connectivity index (χ2v) is 12.4. The highest BCUT2D eigenvalue weighted by molar-refractivity contribution is 6.28. The number of hydrogen-bond acceptors (Lipinski definition) is 1. The zero-order valence-corrected chi connectivity index (χ0v) is 25.3. The minimum absolute atomic E-state index is 0.914. The van der Waals surface area contributed by atoms with Gasteiger partial charge >= 0.3 is 0 Å². The second-order valence-electron chi connectivity index (χ2n) is 12.4. The predicted molar refractivity (Wildman–Crippen MR) is 197 cm³/mol. The Kier molecular flexibility index (Phi) is 5.27. The van der Waals surface area contributed by atoms with Crippen LogP contribution < -0.4 is 0 Å². The SMILES string of the molecule is Cc1c2ccccc2c(-c2c3ccccc3c(-c3ccc4oc5cc6ccccc6cc5c4c3)c3ccccc23)c2ccccc12. The molecule has 214 valence electrons. The van der Waals surface area contributed by atoms with Crippen LogP contribution in [-0.2, 0) is 0 Å². The van der Waals surface area contributed by atoms with Gasteiger partial charge in [-0.1, -0.05) is 127 Å². The lowest BCUT2D eigenvalue weighted by Crippen LogP contribution is -1.94. The first-order chi connectivity index (χ1) is 22.7. The molecule has 0 unspecified atom stereocenters. The Labute approximate surface area is 265 Å². The van der Waals surface area contributed by atoms with Gasteiger partial charge in [-0.05, 0) is 113 Å². The van der Waals surface area contributed by atoms with Gasteiger partial charge in [-0.25, -0.2) is 0 Å². The van der Waals surface area contributed by atoms with Crippen molar-refractivity contribution in [3.63, 3.8) is 0 Å². The van der Waals surface area contributed by atoms with Crippen molar-refractivity contribution in [3.8, 4) is 22.3 Å². The van der Waals surface area contributed by atoms with Crippen molar-refractivity contribution in [2.24, 2.45) is 0 Å². The Morgan fingerprint density at radius 1 is 0.326 bits per heavy atom. The van der Waals surface area contributed by atoms with Crippen molar-refractivity contribution in [2.75, 3.05) is 0 Å². The van der Waals surface area contributed by atoms with E-state index in [4.69, 9.17) is 4.42 Å². The van der Waals surface area contributed by atoms with Crippen molar-refractivity contribution >= 4 is 75.8 Å². The van der Waals surface area contributed by atoms with Gasteiger partial charge in [0, 0.05) is 10.8 Å². The molecule has 0 atom stereocenters. The molecule has 10 aromatic rings. The first-order valence-corrected chi connectivity index (χ1v) is 15.9. The first-order valence-electron chi connectivity index (χ1n) is 15.9. The van der Waals surface area contributed by atoms with Gasteiger partial charge in [0.2, 0.25) is 0 Å².